The van der Waals surface area contributed by atoms with Gasteiger partial charge in [-0.1, -0.05) is 26.3 Å². The number of nitrogens with one attached hydrogen (secondary N) is 1. The molecule has 1 aromatic rings. The van der Waals surface area contributed by atoms with Crippen LogP contribution in [-0.4, -0.2) is 15.9 Å². The van der Waals surface area contributed by atoms with E-state index in [0.717, 1.165) is 24.8 Å². The standard InChI is InChI=1S/C15H18N2O3/c1-3-4-5-6-11(18)13-14(19)16-12-9-10(2)7-8-17(12)15(13)20/h7-8H,2-6,9H2,1H3,(H,18,19,20)/p+1. The van der Waals surface area contributed by atoms with E-state index in [4.69, 9.17) is 0 Å². The SMILES string of the molecule is C=C1C=C[n+]2c([nH]c(=O)c(C(=O)CCCCC)c2O)C1. The normalized spacial score (nSPS) is 13.3. The average molecular weight is 275 g/mol. The molecule has 2 N–H and O–H groups in total. The van der Waals surface area contributed by atoms with Gasteiger partial charge < -0.3 is 5.11 Å². The van der Waals surface area contributed by atoms with Crippen molar-refractivity contribution in [2.24, 2.45) is 0 Å². The number of hydrogen-bond acceptors (Lipinski definition) is 3. The maximum absolute atomic E-state index is 12.1. The minimum atomic E-state index is -0.529. The second kappa shape index (κ2) is 5.86. The first-order valence-electron chi connectivity index (χ1n) is 6.83. The summed E-state index contributed by atoms with van der Waals surface area (Å²) < 4.78 is 1.43. The average Bonchev–Trinajstić information content (AvgIpc) is 2.38. The van der Waals surface area contributed by atoms with Gasteiger partial charge in [0.1, 0.15) is 0 Å². The van der Waals surface area contributed by atoms with Crippen LogP contribution in [0.5, 0.6) is 5.88 Å². The molecule has 0 unspecified atom stereocenters. The summed E-state index contributed by atoms with van der Waals surface area (Å²) in [5.41, 5.74) is 0.155. The number of aromatic nitrogens is 2. The molecular formula is C15H19N2O3+. The molecule has 0 spiro atoms. The van der Waals surface area contributed by atoms with E-state index in [2.05, 4.69) is 11.6 Å². The Morgan fingerprint density at radius 3 is 2.95 bits per heavy atom. The van der Waals surface area contributed by atoms with Gasteiger partial charge in [0.05, 0.1) is 12.6 Å². The number of H-pyrrole nitrogens is 1. The summed E-state index contributed by atoms with van der Waals surface area (Å²) in [5.74, 6) is -0.0654. The van der Waals surface area contributed by atoms with Crippen LogP contribution < -0.4 is 10.1 Å². The van der Waals surface area contributed by atoms with Crippen LogP contribution in [0.1, 0.15) is 48.8 Å². The van der Waals surface area contributed by atoms with Gasteiger partial charge in [0, 0.05) is 6.42 Å². The predicted molar refractivity (Wildman–Crippen MR) is 75.6 cm³/mol. The van der Waals surface area contributed by atoms with Crippen molar-refractivity contribution in [3.63, 3.8) is 0 Å². The molecule has 20 heavy (non-hydrogen) atoms. The number of rotatable bonds is 5. The summed E-state index contributed by atoms with van der Waals surface area (Å²) in [6.45, 7) is 5.85. The Labute approximate surface area is 117 Å². The van der Waals surface area contributed by atoms with Gasteiger partial charge in [0.25, 0.3) is 5.82 Å². The Bertz CT molecular complexity index is 641. The highest BCUT2D eigenvalue weighted by Gasteiger charge is 2.28. The fraction of sp³-hybridized carbons (Fsp3) is 0.400. The zero-order valence-electron chi connectivity index (χ0n) is 11.6. The van der Waals surface area contributed by atoms with Crippen molar-refractivity contribution in [2.45, 2.75) is 39.0 Å². The number of allylic oxidation sites excluding steroid dienone is 2. The molecule has 0 saturated heterocycles. The van der Waals surface area contributed by atoms with E-state index >= 15 is 0 Å². The fourth-order valence-electron chi connectivity index (χ4n) is 2.26. The monoisotopic (exact) mass is 275 g/mol. The first kappa shape index (κ1) is 14.2. The molecule has 106 valence electrons. The third kappa shape index (κ3) is 2.71. The molecule has 0 aromatic carbocycles. The lowest BCUT2D eigenvalue weighted by molar-refractivity contribution is -0.591. The van der Waals surface area contributed by atoms with Crippen molar-refractivity contribution in [3.05, 3.63) is 40.0 Å². The molecule has 2 rings (SSSR count). The topological polar surface area (TPSA) is 74.0 Å². The van der Waals surface area contributed by atoms with Crippen molar-refractivity contribution in [3.8, 4) is 5.88 Å². The number of fused-ring (bicyclic) bond motifs is 1. The number of aromatic amines is 1. The summed E-state index contributed by atoms with van der Waals surface area (Å²) in [4.78, 5) is 26.7. The Morgan fingerprint density at radius 2 is 2.25 bits per heavy atom. The van der Waals surface area contributed by atoms with Crippen LogP contribution in [0.25, 0.3) is 6.20 Å². The summed E-state index contributed by atoms with van der Waals surface area (Å²) in [6.07, 6.45) is 6.74. The Balaban J connectivity index is 2.37. The van der Waals surface area contributed by atoms with Crippen molar-refractivity contribution in [1.82, 2.24) is 4.98 Å². The Morgan fingerprint density at radius 1 is 1.50 bits per heavy atom. The molecule has 1 aliphatic heterocycles. The van der Waals surface area contributed by atoms with E-state index in [0.29, 0.717) is 12.2 Å². The first-order valence-corrected chi connectivity index (χ1v) is 6.83. The zero-order chi connectivity index (χ0) is 14.7. The molecule has 0 amide bonds. The first-order chi connectivity index (χ1) is 9.54. The third-order valence-corrected chi connectivity index (χ3v) is 3.37. The van der Waals surface area contributed by atoms with E-state index in [1.165, 1.54) is 4.57 Å². The molecular weight excluding hydrogens is 256 g/mol. The van der Waals surface area contributed by atoms with Crippen LogP contribution >= 0.6 is 0 Å². The number of unbranched alkanes of at least 4 members (excludes halogenated alkanes) is 2. The molecule has 2 heterocycles. The molecule has 5 nitrogen and oxygen atoms in total. The lowest BCUT2D eigenvalue weighted by atomic mass is 10.1. The zero-order valence-corrected chi connectivity index (χ0v) is 11.6. The van der Waals surface area contributed by atoms with Gasteiger partial charge in [-0.15, -0.1) is 0 Å². The maximum Gasteiger partial charge on any atom is 0.350 e. The lowest BCUT2D eigenvalue weighted by Gasteiger charge is -2.10. The fourth-order valence-corrected chi connectivity index (χ4v) is 2.26. The Kier molecular flexibility index (Phi) is 4.17. The van der Waals surface area contributed by atoms with Crippen LogP contribution in [0.4, 0.5) is 0 Å². The van der Waals surface area contributed by atoms with E-state index in [1.54, 1.807) is 12.3 Å². The van der Waals surface area contributed by atoms with Crippen LogP contribution in [0.15, 0.2) is 23.0 Å². The van der Waals surface area contributed by atoms with E-state index in [9.17, 15) is 14.7 Å². The van der Waals surface area contributed by atoms with Crippen LogP contribution in [0, 0.1) is 0 Å². The van der Waals surface area contributed by atoms with Crippen LogP contribution in [-0.2, 0) is 6.42 Å². The number of carbonyl (C=O) groups excluding carboxylic acids is 1. The highest BCUT2D eigenvalue weighted by Crippen LogP contribution is 2.15. The number of Topliss-reactive ketones (excluding diaryl/α,β-unsaturated/α-hetero) is 1. The van der Waals surface area contributed by atoms with Gasteiger partial charge in [-0.2, -0.15) is 4.57 Å². The number of carbonyl (C=O) groups is 1. The second-order valence-corrected chi connectivity index (χ2v) is 5.00. The summed E-state index contributed by atoms with van der Waals surface area (Å²) in [5, 5.41) is 10.2. The lowest BCUT2D eigenvalue weighted by Crippen LogP contribution is -2.41. The quantitative estimate of drug-likeness (QED) is 0.488. The smallest absolute Gasteiger partial charge is 0.350 e. The van der Waals surface area contributed by atoms with Gasteiger partial charge in [-0.25, -0.2) is 9.78 Å². The van der Waals surface area contributed by atoms with Crippen LogP contribution in [0.2, 0.25) is 0 Å². The van der Waals surface area contributed by atoms with Crippen molar-refractivity contribution in [1.29, 1.82) is 0 Å². The summed E-state index contributed by atoms with van der Waals surface area (Å²) in [6, 6.07) is 0. The minimum Gasteiger partial charge on any atom is -0.477 e. The van der Waals surface area contributed by atoms with Gasteiger partial charge in [-0.3, -0.25) is 4.79 Å². The van der Waals surface area contributed by atoms with Gasteiger partial charge >= 0.3 is 11.4 Å². The molecule has 0 bridgehead atoms. The predicted octanol–water partition coefficient (Wildman–Crippen LogP) is 1.71. The second-order valence-electron chi connectivity index (χ2n) is 5.00. The third-order valence-electron chi connectivity index (χ3n) is 3.37. The molecule has 1 aromatic heterocycles. The maximum atomic E-state index is 12.1. The largest absolute Gasteiger partial charge is 0.477 e. The van der Waals surface area contributed by atoms with Crippen molar-refractivity contribution < 1.29 is 14.5 Å². The van der Waals surface area contributed by atoms with Gasteiger partial charge in [0.2, 0.25) is 0 Å². The summed E-state index contributed by atoms with van der Waals surface area (Å²) >= 11 is 0. The Hall–Kier alpha value is -2.17. The molecule has 5 heteroatoms. The van der Waals surface area contributed by atoms with Gasteiger partial charge in [-0.05, 0) is 18.1 Å². The molecule has 0 fully saturated rings. The number of aromatic hydroxyl groups is 1. The van der Waals surface area contributed by atoms with E-state index < -0.39 is 5.56 Å². The number of hydrogen-bond donors (Lipinski definition) is 2. The van der Waals surface area contributed by atoms with E-state index in [-0.39, 0.29) is 23.6 Å². The number of nitrogens with zero attached hydrogens (tertiary/aromatic N) is 1. The molecule has 1 aliphatic rings. The molecule has 0 atom stereocenters. The van der Waals surface area contributed by atoms with E-state index in [1.807, 2.05) is 6.92 Å². The molecule has 0 saturated carbocycles. The van der Waals surface area contributed by atoms with Gasteiger partial charge in [0.15, 0.2) is 11.3 Å². The molecule has 0 radical (unpaired) electrons. The van der Waals surface area contributed by atoms with Crippen LogP contribution in [0.3, 0.4) is 0 Å². The van der Waals surface area contributed by atoms with Crippen molar-refractivity contribution in [2.75, 3.05) is 0 Å². The minimum absolute atomic E-state index is 0.151. The number of ketones is 1. The highest BCUT2D eigenvalue weighted by atomic mass is 16.3. The van der Waals surface area contributed by atoms with Crippen molar-refractivity contribution >= 4 is 12.0 Å². The highest BCUT2D eigenvalue weighted by molar-refractivity contribution is 5.97. The molecule has 0 aliphatic carbocycles. The summed E-state index contributed by atoms with van der Waals surface area (Å²) in [7, 11) is 0.